The Bertz CT molecular complexity index is 1380. The van der Waals surface area contributed by atoms with Crippen molar-refractivity contribution in [2.75, 3.05) is 0 Å². The number of halogens is 2. The third kappa shape index (κ3) is 4.32. The van der Waals surface area contributed by atoms with Crippen LogP contribution in [0.1, 0.15) is 32.7 Å². The number of para-hydroxylation sites is 1. The van der Waals surface area contributed by atoms with Crippen molar-refractivity contribution < 1.29 is 9.18 Å². The monoisotopic (exact) mass is 488 g/mol. The van der Waals surface area contributed by atoms with Crippen molar-refractivity contribution in [3.8, 4) is 6.07 Å². The Morgan fingerprint density at radius 1 is 1.19 bits per heavy atom. The highest BCUT2D eigenvalue weighted by Gasteiger charge is 2.14. The molecule has 0 aliphatic carbocycles. The summed E-state index contributed by atoms with van der Waals surface area (Å²) in [5.41, 5.74) is 6.44. The van der Waals surface area contributed by atoms with E-state index < -0.39 is 11.7 Å². The van der Waals surface area contributed by atoms with Gasteiger partial charge in [-0.3, -0.25) is 4.79 Å². The average Bonchev–Trinajstić information content (AvgIpc) is 3.06. The number of benzene rings is 3. The topological polar surface area (TPSA) is 70.2 Å². The Kier molecular flexibility index (Phi) is 6.15. The standard InChI is InChI=1S/C25H18BrFN4O/c1-16-22(14-29-30-25(32)21-11-8-18(13-28)12-23(21)27)20-4-2-3-5-24(20)31(16)15-17-6-9-19(26)10-7-17/h2-12,14H,15H2,1H3,(H,30,32)/b29-14-. The molecule has 0 saturated heterocycles. The van der Waals surface area contributed by atoms with E-state index in [1.165, 1.54) is 12.1 Å². The molecule has 158 valence electrons. The van der Waals surface area contributed by atoms with Gasteiger partial charge in [0.1, 0.15) is 5.82 Å². The van der Waals surface area contributed by atoms with E-state index in [1.54, 1.807) is 6.21 Å². The number of carbonyl (C=O) groups excluding carboxylic acids is 1. The number of nitrogens with zero attached hydrogens (tertiary/aromatic N) is 3. The highest BCUT2D eigenvalue weighted by atomic mass is 79.9. The van der Waals surface area contributed by atoms with E-state index in [2.05, 4.69) is 43.2 Å². The molecule has 1 heterocycles. The van der Waals surface area contributed by atoms with Crippen LogP contribution >= 0.6 is 15.9 Å². The largest absolute Gasteiger partial charge is 0.340 e. The maximum atomic E-state index is 14.1. The average molecular weight is 489 g/mol. The molecule has 1 amide bonds. The van der Waals surface area contributed by atoms with Crippen LogP contribution in [0, 0.1) is 24.1 Å². The lowest BCUT2D eigenvalue weighted by Gasteiger charge is -2.09. The van der Waals surface area contributed by atoms with E-state index in [0.29, 0.717) is 6.54 Å². The SMILES string of the molecule is Cc1c(/C=N\NC(=O)c2ccc(C#N)cc2F)c2ccccc2n1Cc1ccc(Br)cc1. The zero-order chi connectivity index (χ0) is 22.7. The Morgan fingerprint density at radius 2 is 1.94 bits per heavy atom. The molecule has 0 radical (unpaired) electrons. The second kappa shape index (κ2) is 9.16. The molecule has 0 bridgehead atoms. The van der Waals surface area contributed by atoms with Crippen molar-refractivity contribution in [2.24, 2.45) is 5.10 Å². The smallest absolute Gasteiger partial charge is 0.274 e. The lowest BCUT2D eigenvalue weighted by molar-refractivity contribution is 0.0951. The molecule has 0 atom stereocenters. The molecule has 32 heavy (non-hydrogen) atoms. The van der Waals surface area contributed by atoms with Gasteiger partial charge in [-0.1, -0.05) is 46.3 Å². The lowest BCUT2D eigenvalue weighted by atomic mass is 10.1. The van der Waals surface area contributed by atoms with Crippen LogP contribution in [0.25, 0.3) is 10.9 Å². The van der Waals surface area contributed by atoms with E-state index in [-0.39, 0.29) is 11.1 Å². The zero-order valence-corrected chi connectivity index (χ0v) is 18.7. The fourth-order valence-electron chi connectivity index (χ4n) is 3.58. The minimum Gasteiger partial charge on any atom is -0.340 e. The summed E-state index contributed by atoms with van der Waals surface area (Å²) in [4.78, 5) is 12.3. The van der Waals surface area contributed by atoms with Crippen LogP contribution in [-0.2, 0) is 6.54 Å². The predicted molar refractivity (Wildman–Crippen MR) is 126 cm³/mol. The molecule has 7 heteroatoms. The first-order valence-electron chi connectivity index (χ1n) is 9.83. The van der Waals surface area contributed by atoms with Crippen molar-refractivity contribution in [3.63, 3.8) is 0 Å². The minimum absolute atomic E-state index is 0.150. The van der Waals surface area contributed by atoms with Gasteiger partial charge in [-0.15, -0.1) is 0 Å². The summed E-state index contributed by atoms with van der Waals surface area (Å²) in [6, 6.07) is 21.7. The summed E-state index contributed by atoms with van der Waals surface area (Å²) < 4.78 is 17.3. The molecule has 4 aromatic rings. The fourth-order valence-corrected chi connectivity index (χ4v) is 3.85. The molecule has 0 unspecified atom stereocenters. The minimum atomic E-state index is -0.765. The maximum absolute atomic E-state index is 14.1. The molecule has 0 fully saturated rings. The van der Waals surface area contributed by atoms with Crippen LogP contribution in [0.5, 0.6) is 0 Å². The van der Waals surface area contributed by atoms with Crippen LogP contribution in [0.4, 0.5) is 4.39 Å². The molecule has 0 aliphatic rings. The highest BCUT2D eigenvalue weighted by molar-refractivity contribution is 9.10. The number of rotatable bonds is 5. The summed E-state index contributed by atoms with van der Waals surface area (Å²) in [6.07, 6.45) is 1.58. The van der Waals surface area contributed by atoms with Gasteiger partial charge >= 0.3 is 0 Å². The van der Waals surface area contributed by atoms with Crippen molar-refractivity contribution in [3.05, 3.63) is 105 Å². The van der Waals surface area contributed by atoms with Gasteiger partial charge in [-0.2, -0.15) is 10.4 Å². The van der Waals surface area contributed by atoms with Crippen molar-refractivity contribution in [1.82, 2.24) is 9.99 Å². The number of hydrogen-bond donors (Lipinski definition) is 1. The fraction of sp³-hybridized carbons (Fsp3) is 0.0800. The molecule has 0 spiro atoms. The molecule has 0 aliphatic heterocycles. The summed E-state index contributed by atoms with van der Waals surface area (Å²) in [5.74, 6) is -1.45. The second-order valence-electron chi connectivity index (χ2n) is 7.23. The normalized spacial score (nSPS) is 11.1. The Morgan fingerprint density at radius 3 is 2.66 bits per heavy atom. The summed E-state index contributed by atoms with van der Waals surface area (Å²) >= 11 is 3.46. The van der Waals surface area contributed by atoms with Crippen LogP contribution in [0.3, 0.4) is 0 Å². The summed E-state index contributed by atoms with van der Waals surface area (Å²) in [6.45, 7) is 2.69. The Labute approximate surface area is 192 Å². The first kappa shape index (κ1) is 21.5. The third-order valence-electron chi connectivity index (χ3n) is 5.24. The molecule has 1 N–H and O–H groups in total. The van der Waals surface area contributed by atoms with Gasteiger partial charge in [0.05, 0.1) is 23.4 Å². The van der Waals surface area contributed by atoms with Gasteiger partial charge in [0.2, 0.25) is 0 Å². The second-order valence-corrected chi connectivity index (χ2v) is 8.15. The number of amides is 1. The highest BCUT2D eigenvalue weighted by Crippen LogP contribution is 2.26. The van der Waals surface area contributed by atoms with Crippen LogP contribution in [0.2, 0.25) is 0 Å². The first-order valence-corrected chi connectivity index (χ1v) is 10.6. The molecule has 3 aromatic carbocycles. The van der Waals surface area contributed by atoms with Gasteiger partial charge < -0.3 is 4.57 Å². The number of nitrogens with one attached hydrogen (secondary N) is 1. The van der Waals surface area contributed by atoms with E-state index >= 15 is 0 Å². The van der Waals surface area contributed by atoms with Crippen molar-refractivity contribution in [1.29, 1.82) is 5.26 Å². The maximum Gasteiger partial charge on any atom is 0.274 e. The van der Waals surface area contributed by atoms with Gasteiger partial charge in [0.25, 0.3) is 5.91 Å². The predicted octanol–water partition coefficient (Wildman–Crippen LogP) is 5.54. The molecule has 1 aromatic heterocycles. The lowest BCUT2D eigenvalue weighted by Crippen LogP contribution is -2.19. The molecule has 0 saturated carbocycles. The molecule has 5 nitrogen and oxygen atoms in total. The van der Waals surface area contributed by atoms with Crippen LogP contribution in [-0.4, -0.2) is 16.7 Å². The van der Waals surface area contributed by atoms with E-state index in [9.17, 15) is 9.18 Å². The van der Waals surface area contributed by atoms with E-state index in [0.717, 1.165) is 38.3 Å². The number of aromatic nitrogens is 1. The van der Waals surface area contributed by atoms with Crippen LogP contribution < -0.4 is 5.43 Å². The van der Waals surface area contributed by atoms with Crippen molar-refractivity contribution in [2.45, 2.75) is 13.5 Å². The first-order chi connectivity index (χ1) is 15.5. The Hall–Kier alpha value is -3.76. The van der Waals surface area contributed by atoms with E-state index in [1.807, 2.05) is 49.4 Å². The van der Waals surface area contributed by atoms with Crippen molar-refractivity contribution >= 4 is 39.0 Å². The number of hydrogen-bond acceptors (Lipinski definition) is 3. The summed E-state index contributed by atoms with van der Waals surface area (Å²) in [7, 11) is 0. The van der Waals surface area contributed by atoms with Gasteiger partial charge in [-0.05, 0) is 48.9 Å². The molecular weight excluding hydrogens is 471 g/mol. The number of hydrazone groups is 1. The summed E-state index contributed by atoms with van der Waals surface area (Å²) in [5, 5.41) is 13.9. The number of carbonyl (C=O) groups is 1. The molecule has 4 rings (SSSR count). The van der Waals surface area contributed by atoms with Gasteiger partial charge in [0.15, 0.2) is 0 Å². The van der Waals surface area contributed by atoms with E-state index in [4.69, 9.17) is 5.26 Å². The number of nitriles is 1. The van der Waals surface area contributed by atoms with Gasteiger partial charge in [-0.25, -0.2) is 9.82 Å². The number of fused-ring (bicyclic) bond motifs is 1. The van der Waals surface area contributed by atoms with Crippen LogP contribution in [0.15, 0.2) is 76.3 Å². The molecular formula is C25H18BrFN4O. The zero-order valence-electron chi connectivity index (χ0n) is 17.1. The van der Waals surface area contributed by atoms with Gasteiger partial charge in [0, 0.05) is 33.2 Å². The quantitative estimate of drug-likeness (QED) is 0.296. The third-order valence-corrected chi connectivity index (χ3v) is 5.76. The Balaban J connectivity index is 1.61.